The molecule has 9 heteroatoms. The van der Waals surface area contributed by atoms with Crippen molar-refractivity contribution in [2.75, 3.05) is 53.1 Å². The highest BCUT2D eigenvalue weighted by atomic mass is 32.2. The predicted molar refractivity (Wildman–Crippen MR) is 146 cm³/mol. The number of Topliss-reactive ketones (excluding diaryl/α,β-unsaturated/α-hetero) is 2. The molecule has 38 heavy (non-hydrogen) atoms. The predicted octanol–water partition coefficient (Wildman–Crippen LogP) is 2.68. The van der Waals surface area contributed by atoms with Gasteiger partial charge in [0.05, 0.1) is 12.8 Å². The van der Waals surface area contributed by atoms with Gasteiger partial charge in [-0.25, -0.2) is 12.7 Å². The molecule has 2 atom stereocenters. The molecule has 0 N–H and O–H groups in total. The second-order valence-electron chi connectivity index (χ2n) is 10.7. The minimum absolute atomic E-state index is 0.00928. The first-order chi connectivity index (χ1) is 18.1. The fourth-order valence-corrected chi connectivity index (χ4v) is 6.89. The largest absolute Gasteiger partial charge is 0.348 e. The molecule has 2 heterocycles. The number of piperidine rings is 2. The zero-order chi connectivity index (χ0) is 27.4. The third kappa shape index (κ3) is 6.39. The van der Waals surface area contributed by atoms with E-state index in [1.807, 2.05) is 41.3 Å². The lowest BCUT2D eigenvalue weighted by molar-refractivity contribution is -0.131. The molecule has 2 aliphatic rings. The van der Waals surface area contributed by atoms with Gasteiger partial charge in [0.1, 0.15) is 0 Å². The molecule has 0 saturated carbocycles. The number of likely N-dealkylation sites (tertiary alicyclic amines) is 1. The van der Waals surface area contributed by atoms with E-state index < -0.39 is 21.9 Å². The Kier molecular flexibility index (Phi) is 8.80. The summed E-state index contributed by atoms with van der Waals surface area (Å²) in [6.45, 7) is 1.64. The van der Waals surface area contributed by atoms with Gasteiger partial charge >= 0.3 is 0 Å². The van der Waals surface area contributed by atoms with Crippen LogP contribution < -0.4 is 0 Å². The lowest BCUT2D eigenvalue weighted by atomic mass is 9.64. The molecule has 2 fully saturated rings. The number of carbonyl (C=O) groups excluding carboxylic acids is 3. The van der Waals surface area contributed by atoms with E-state index >= 15 is 0 Å². The minimum Gasteiger partial charge on any atom is -0.348 e. The van der Waals surface area contributed by atoms with Crippen molar-refractivity contribution in [2.24, 2.45) is 23.7 Å². The van der Waals surface area contributed by atoms with Crippen molar-refractivity contribution >= 4 is 27.5 Å². The zero-order valence-electron chi connectivity index (χ0n) is 22.3. The molecule has 4 rings (SSSR count). The van der Waals surface area contributed by atoms with Gasteiger partial charge in [0.15, 0.2) is 11.6 Å². The van der Waals surface area contributed by atoms with Crippen LogP contribution in [0.5, 0.6) is 0 Å². The normalized spacial score (nSPS) is 23.6. The number of amides is 1. The molecule has 0 aromatic heterocycles. The molecule has 2 aromatic carbocycles. The van der Waals surface area contributed by atoms with E-state index in [1.165, 1.54) is 15.5 Å². The Labute approximate surface area is 225 Å². The average Bonchev–Trinajstić information content (AvgIpc) is 2.92. The van der Waals surface area contributed by atoms with Gasteiger partial charge in [0.25, 0.3) is 0 Å². The van der Waals surface area contributed by atoms with Gasteiger partial charge in [-0.1, -0.05) is 60.7 Å². The van der Waals surface area contributed by atoms with Crippen LogP contribution in [0.2, 0.25) is 0 Å². The number of carbonyl (C=O) groups is 3. The van der Waals surface area contributed by atoms with Crippen LogP contribution in [0.3, 0.4) is 0 Å². The number of ketones is 2. The number of nitrogens with zero attached hydrogens (tertiary/aromatic N) is 3. The van der Waals surface area contributed by atoms with Crippen molar-refractivity contribution in [1.82, 2.24) is 14.1 Å². The average molecular weight is 540 g/mol. The highest BCUT2D eigenvalue weighted by Crippen LogP contribution is 2.42. The molecule has 2 aromatic rings. The fourth-order valence-electron chi connectivity index (χ4n) is 6.01. The van der Waals surface area contributed by atoms with E-state index in [2.05, 4.69) is 0 Å². The van der Waals surface area contributed by atoms with E-state index in [-0.39, 0.29) is 35.9 Å². The summed E-state index contributed by atoms with van der Waals surface area (Å²) in [6, 6.07) is 18.2. The van der Waals surface area contributed by atoms with Gasteiger partial charge in [-0.3, -0.25) is 19.3 Å². The second-order valence-corrected chi connectivity index (χ2v) is 12.7. The summed E-state index contributed by atoms with van der Waals surface area (Å²) < 4.78 is 25.8. The van der Waals surface area contributed by atoms with Crippen LogP contribution in [0.15, 0.2) is 60.7 Å². The maximum absolute atomic E-state index is 14.0. The molecule has 1 amide bonds. The summed E-state index contributed by atoms with van der Waals surface area (Å²) in [5.41, 5.74) is 1.17. The highest BCUT2D eigenvalue weighted by molar-refractivity contribution is 7.88. The van der Waals surface area contributed by atoms with Crippen molar-refractivity contribution < 1.29 is 22.8 Å². The van der Waals surface area contributed by atoms with Crippen molar-refractivity contribution in [3.05, 3.63) is 71.8 Å². The maximum Gasteiger partial charge on any atom is 0.236 e. The second kappa shape index (κ2) is 11.9. The Morgan fingerprint density at radius 3 is 1.66 bits per heavy atom. The molecule has 2 unspecified atom stereocenters. The number of hydrogen-bond acceptors (Lipinski definition) is 6. The van der Waals surface area contributed by atoms with E-state index in [4.69, 9.17) is 0 Å². The van der Waals surface area contributed by atoms with Crippen molar-refractivity contribution in [3.63, 3.8) is 0 Å². The molecule has 0 spiro atoms. The molecular weight excluding hydrogens is 502 g/mol. The van der Waals surface area contributed by atoms with Crippen LogP contribution in [-0.4, -0.2) is 93.1 Å². The first kappa shape index (κ1) is 28.1. The Morgan fingerprint density at radius 2 is 1.26 bits per heavy atom. The van der Waals surface area contributed by atoms with E-state index in [0.29, 0.717) is 50.1 Å². The summed E-state index contributed by atoms with van der Waals surface area (Å²) in [4.78, 5) is 44.2. The highest BCUT2D eigenvalue weighted by Gasteiger charge is 2.48. The molecule has 0 aliphatic carbocycles. The quantitative estimate of drug-likeness (QED) is 0.479. The standard InChI is InChI=1S/C29H37N3O5S/c1-30(2)26(33)20-31-18-24(28(34)22-10-6-4-7-11-22)27(21-14-16-32(17-15-21)38(3,36)37)25(19-31)29(35)23-12-8-5-9-13-23/h4-13,21,24-25,27H,14-20H2,1-3H3. The number of benzene rings is 2. The Balaban J connectivity index is 1.73. The van der Waals surface area contributed by atoms with Gasteiger partial charge in [0.2, 0.25) is 15.9 Å². The minimum atomic E-state index is -3.31. The van der Waals surface area contributed by atoms with Gasteiger partial charge in [0, 0.05) is 63.2 Å². The van der Waals surface area contributed by atoms with Gasteiger partial charge in [-0.05, 0) is 24.7 Å². The third-order valence-electron chi connectivity index (χ3n) is 8.00. The van der Waals surface area contributed by atoms with Crippen molar-refractivity contribution in [1.29, 1.82) is 0 Å². The summed E-state index contributed by atoms with van der Waals surface area (Å²) in [6.07, 6.45) is 2.40. The molecular formula is C29H37N3O5S. The van der Waals surface area contributed by atoms with E-state index in [0.717, 1.165) is 0 Å². The van der Waals surface area contributed by atoms with E-state index in [1.54, 1.807) is 38.4 Å². The number of likely N-dealkylation sites (N-methyl/N-ethyl adjacent to an activating group) is 1. The summed E-state index contributed by atoms with van der Waals surface area (Å²) in [5.74, 6) is -1.38. The van der Waals surface area contributed by atoms with Crippen LogP contribution in [0.25, 0.3) is 0 Å². The molecule has 0 bridgehead atoms. The number of sulfonamides is 1. The number of rotatable bonds is 8. The van der Waals surface area contributed by atoms with Crippen molar-refractivity contribution in [2.45, 2.75) is 12.8 Å². The molecule has 0 radical (unpaired) electrons. The SMILES string of the molecule is CN(C)C(=O)CN1CC(C(=O)c2ccccc2)C(C2CCN(S(C)(=O)=O)CC2)C(C(=O)c2ccccc2)C1. The lowest BCUT2D eigenvalue weighted by Gasteiger charge is -2.47. The molecule has 204 valence electrons. The third-order valence-corrected chi connectivity index (χ3v) is 9.30. The Hall–Kier alpha value is -2.88. The maximum atomic E-state index is 14.0. The summed E-state index contributed by atoms with van der Waals surface area (Å²) in [7, 11) is 0.0895. The summed E-state index contributed by atoms with van der Waals surface area (Å²) >= 11 is 0. The first-order valence-corrected chi connectivity index (χ1v) is 15.0. The lowest BCUT2D eigenvalue weighted by Crippen LogP contribution is -2.56. The van der Waals surface area contributed by atoms with Gasteiger partial charge < -0.3 is 4.90 Å². The first-order valence-electron chi connectivity index (χ1n) is 13.1. The summed E-state index contributed by atoms with van der Waals surface area (Å²) in [5, 5.41) is 0. The molecule has 2 aliphatic heterocycles. The van der Waals surface area contributed by atoms with Crippen LogP contribution in [0.1, 0.15) is 33.6 Å². The monoisotopic (exact) mass is 539 g/mol. The van der Waals surface area contributed by atoms with Crippen LogP contribution in [-0.2, 0) is 14.8 Å². The molecule has 8 nitrogen and oxygen atoms in total. The zero-order valence-corrected chi connectivity index (χ0v) is 23.1. The van der Waals surface area contributed by atoms with Gasteiger partial charge in [-0.2, -0.15) is 0 Å². The Bertz CT molecular complexity index is 1180. The van der Waals surface area contributed by atoms with Crippen LogP contribution in [0.4, 0.5) is 0 Å². The van der Waals surface area contributed by atoms with E-state index in [9.17, 15) is 22.8 Å². The fraction of sp³-hybridized carbons (Fsp3) is 0.483. The number of hydrogen-bond donors (Lipinski definition) is 0. The topological polar surface area (TPSA) is 95.1 Å². The Morgan fingerprint density at radius 1 is 0.816 bits per heavy atom. The molecule has 2 saturated heterocycles. The van der Waals surface area contributed by atoms with Crippen LogP contribution in [0, 0.1) is 23.7 Å². The van der Waals surface area contributed by atoms with Crippen LogP contribution >= 0.6 is 0 Å². The smallest absolute Gasteiger partial charge is 0.236 e. The van der Waals surface area contributed by atoms with Gasteiger partial charge in [-0.15, -0.1) is 0 Å². The van der Waals surface area contributed by atoms with Crippen molar-refractivity contribution in [3.8, 4) is 0 Å².